The van der Waals surface area contributed by atoms with Gasteiger partial charge in [-0.3, -0.25) is 9.59 Å². The number of hydrogen-bond donors (Lipinski definition) is 4. The molecule has 0 bridgehead atoms. The van der Waals surface area contributed by atoms with Crippen molar-refractivity contribution in [3.05, 3.63) is 82.9 Å². The van der Waals surface area contributed by atoms with Crippen molar-refractivity contribution in [2.45, 2.75) is 51.4 Å². The van der Waals surface area contributed by atoms with Gasteiger partial charge in [0.2, 0.25) is 0 Å². The first-order valence-corrected chi connectivity index (χ1v) is 12.1. The van der Waals surface area contributed by atoms with E-state index in [1.165, 1.54) is 35.0 Å². The van der Waals surface area contributed by atoms with Crippen LogP contribution in [0.3, 0.4) is 0 Å². The molecule has 2 aromatic carbocycles. The van der Waals surface area contributed by atoms with E-state index in [4.69, 9.17) is 9.84 Å². The molecule has 202 valence electrons. The Labute approximate surface area is 220 Å². The third-order valence-corrected chi connectivity index (χ3v) is 5.84. The summed E-state index contributed by atoms with van der Waals surface area (Å²) in [7, 11) is 1.57. The third kappa shape index (κ3) is 7.50. The van der Waals surface area contributed by atoms with Crippen LogP contribution in [-0.4, -0.2) is 56.3 Å². The van der Waals surface area contributed by atoms with Crippen LogP contribution in [0.2, 0.25) is 0 Å². The van der Waals surface area contributed by atoms with E-state index >= 15 is 0 Å². The molecule has 9 nitrogen and oxygen atoms in total. The first-order chi connectivity index (χ1) is 18.1. The number of hydrogen-bond acceptors (Lipinski definition) is 6. The molecular weight excluding hydrogens is 493 g/mol. The van der Waals surface area contributed by atoms with E-state index in [1.807, 2.05) is 26.0 Å². The van der Waals surface area contributed by atoms with Gasteiger partial charge in [-0.2, -0.15) is 5.10 Å². The summed E-state index contributed by atoms with van der Waals surface area (Å²) in [5.41, 5.74) is 2.65. The van der Waals surface area contributed by atoms with Crippen LogP contribution in [0.5, 0.6) is 5.75 Å². The number of aliphatic hydroxyl groups excluding tert-OH is 2. The highest BCUT2D eigenvalue weighted by atomic mass is 19.1. The number of benzene rings is 2. The zero-order valence-electron chi connectivity index (χ0n) is 21.5. The van der Waals surface area contributed by atoms with Crippen molar-refractivity contribution < 1.29 is 34.0 Å². The zero-order valence-corrected chi connectivity index (χ0v) is 21.5. The second-order valence-corrected chi connectivity index (χ2v) is 9.14. The second-order valence-electron chi connectivity index (χ2n) is 9.14. The summed E-state index contributed by atoms with van der Waals surface area (Å²) in [4.78, 5) is 24.1. The van der Waals surface area contributed by atoms with Crippen LogP contribution < -0.4 is 10.1 Å². The van der Waals surface area contributed by atoms with Crippen molar-refractivity contribution >= 4 is 18.0 Å². The molecule has 3 aromatic rings. The average molecular weight is 526 g/mol. The molecule has 0 fully saturated rings. The Bertz CT molecular complexity index is 1270. The van der Waals surface area contributed by atoms with Crippen molar-refractivity contribution in [1.29, 1.82) is 0 Å². The fourth-order valence-corrected chi connectivity index (χ4v) is 3.97. The minimum Gasteiger partial charge on any atom is -0.497 e. The molecule has 4 N–H and O–H groups in total. The largest absolute Gasteiger partial charge is 0.497 e. The number of halogens is 1. The first-order valence-electron chi connectivity index (χ1n) is 12.1. The molecule has 1 amide bonds. The number of carboxylic acids is 1. The number of aromatic nitrogens is 2. The van der Waals surface area contributed by atoms with Crippen LogP contribution >= 0.6 is 0 Å². The summed E-state index contributed by atoms with van der Waals surface area (Å²) < 4.78 is 20.3. The zero-order chi connectivity index (χ0) is 27.8. The number of nitrogens with one attached hydrogen (secondary N) is 1. The molecule has 10 heteroatoms. The lowest BCUT2D eigenvalue weighted by Gasteiger charge is -2.12. The van der Waals surface area contributed by atoms with Crippen molar-refractivity contribution in [1.82, 2.24) is 15.1 Å². The van der Waals surface area contributed by atoms with Gasteiger partial charge in [-0.15, -0.1) is 0 Å². The average Bonchev–Trinajstić information content (AvgIpc) is 3.26. The van der Waals surface area contributed by atoms with Gasteiger partial charge in [-0.25, -0.2) is 9.07 Å². The van der Waals surface area contributed by atoms with Gasteiger partial charge in [-0.05, 0) is 54.0 Å². The quantitative estimate of drug-likeness (QED) is 0.283. The Kier molecular flexibility index (Phi) is 9.75. The van der Waals surface area contributed by atoms with Crippen LogP contribution in [0.1, 0.15) is 59.9 Å². The van der Waals surface area contributed by atoms with Crippen LogP contribution in [0, 0.1) is 5.82 Å². The lowest BCUT2D eigenvalue weighted by Crippen LogP contribution is -2.24. The van der Waals surface area contributed by atoms with E-state index in [2.05, 4.69) is 10.4 Å². The third-order valence-electron chi connectivity index (χ3n) is 5.84. The van der Waals surface area contributed by atoms with Crippen molar-refractivity contribution in [3.8, 4) is 11.4 Å². The molecule has 3 rings (SSSR count). The normalized spacial score (nSPS) is 13.0. The minimum atomic E-state index is -1.22. The lowest BCUT2D eigenvalue weighted by atomic mass is 9.98. The highest BCUT2D eigenvalue weighted by molar-refractivity contribution is 5.95. The fourth-order valence-electron chi connectivity index (χ4n) is 3.97. The maximum Gasteiger partial charge on any atom is 0.305 e. The van der Waals surface area contributed by atoms with Crippen molar-refractivity contribution in [2.24, 2.45) is 0 Å². The van der Waals surface area contributed by atoms with Gasteiger partial charge in [-0.1, -0.05) is 32.1 Å². The second kappa shape index (κ2) is 13.0. The number of carboxylic acid groups (broad SMARTS) is 1. The molecule has 0 radical (unpaired) electrons. The van der Waals surface area contributed by atoms with Gasteiger partial charge in [0.05, 0.1) is 37.1 Å². The predicted octanol–water partition coefficient (Wildman–Crippen LogP) is 3.67. The molecule has 1 aromatic heterocycles. The molecule has 0 saturated carbocycles. The molecule has 0 saturated heterocycles. The van der Waals surface area contributed by atoms with E-state index in [1.54, 1.807) is 25.3 Å². The fraction of sp³-hybridized carbons (Fsp3) is 0.321. The minimum absolute atomic E-state index is 0.152. The maximum atomic E-state index is 13.6. The van der Waals surface area contributed by atoms with Gasteiger partial charge in [0, 0.05) is 18.5 Å². The van der Waals surface area contributed by atoms with Crippen LogP contribution in [-0.2, 0) is 11.3 Å². The molecule has 2 atom stereocenters. The van der Waals surface area contributed by atoms with Crippen LogP contribution in [0.25, 0.3) is 11.8 Å². The molecule has 1 heterocycles. The number of ether oxygens (including phenoxy) is 1. The number of methoxy groups -OCH3 is 1. The Morgan fingerprint density at radius 2 is 1.76 bits per heavy atom. The molecule has 0 spiro atoms. The van der Waals surface area contributed by atoms with Gasteiger partial charge in [0.1, 0.15) is 11.6 Å². The number of nitrogens with zero attached hydrogens (tertiary/aromatic N) is 2. The number of carbonyl (C=O) groups is 2. The molecule has 0 unspecified atom stereocenters. The van der Waals surface area contributed by atoms with Crippen LogP contribution in [0.4, 0.5) is 4.39 Å². The number of carbonyl (C=O) groups excluding carboxylic acids is 1. The van der Waals surface area contributed by atoms with Crippen LogP contribution in [0.15, 0.2) is 54.6 Å². The topological polar surface area (TPSA) is 134 Å². The number of rotatable bonds is 12. The standard InChI is InChI=1S/C28H32FN3O6/c1-17(2)26-24(13-10-21(33)14-22(34)15-25(35)36)32(20-8-6-19(29)7-9-20)31-27(26)28(37)30-16-18-4-11-23(38-3)12-5-18/h4-13,17,21-22,33-34H,14-16H2,1-3H3,(H,30,37)(H,35,36)/b13-10+/t21-,22+/m0/s1. The molecule has 0 aliphatic carbocycles. The van der Waals surface area contributed by atoms with E-state index in [0.717, 1.165) is 5.56 Å². The number of amides is 1. The van der Waals surface area contributed by atoms with E-state index < -0.39 is 36.3 Å². The predicted molar refractivity (Wildman–Crippen MR) is 140 cm³/mol. The van der Waals surface area contributed by atoms with Gasteiger partial charge in [0.25, 0.3) is 5.91 Å². The highest BCUT2D eigenvalue weighted by Crippen LogP contribution is 2.28. The SMILES string of the molecule is COc1ccc(CNC(=O)c2nn(-c3ccc(F)cc3)c(/C=C/[C@H](O)C[C@@H](O)CC(=O)O)c2C(C)C)cc1. The van der Waals surface area contributed by atoms with Crippen molar-refractivity contribution in [3.63, 3.8) is 0 Å². The first kappa shape index (κ1) is 28.5. The van der Waals surface area contributed by atoms with Gasteiger partial charge >= 0.3 is 5.97 Å². The van der Waals surface area contributed by atoms with E-state index in [-0.39, 0.29) is 24.6 Å². The summed E-state index contributed by atoms with van der Waals surface area (Å²) in [6.45, 7) is 4.06. The number of aliphatic carboxylic acids is 1. The Hall–Kier alpha value is -4.02. The summed E-state index contributed by atoms with van der Waals surface area (Å²) in [6, 6.07) is 12.9. The lowest BCUT2D eigenvalue weighted by molar-refractivity contribution is -0.139. The molecule has 38 heavy (non-hydrogen) atoms. The highest BCUT2D eigenvalue weighted by Gasteiger charge is 2.25. The van der Waals surface area contributed by atoms with E-state index in [9.17, 15) is 24.2 Å². The van der Waals surface area contributed by atoms with Gasteiger partial charge < -0.3 is 25.4 Å². The molecule has 0 aliphatic heterocycles. The Morgan fingerprint density at radius 3 is 2.34 bits per heavy atom. The Morgan fingerprint density at radius 1 is 1.11 bits per heavy atom. The Balaban J connectivity index is 1.95. The smallest absolute Gasteiger partial charge is 0.305 e. The summed E-state index contributed by atoms with van der Waals surface area (Å²) in [5.74, 6) is -1.45. The maximum absolute atomic E-state index is 13.6. The molecular formula is C28H32FN3O6. The molecule has 0 aliphatic rings. The van der Waals surface area contributed by atoms with Gasteiger partial charge in [0.15, 0.2) is 5.69 Å². The monoisotopic (exact) mass is 525 g/mol. The summed E-state index contributed by atoms with van der Waals surface area (Å²) >= 11 is 0. The van der Waals surface area contributed by atoms with Crippen molar-refractivity contribution in [2.75, 3.05) is 7.11 Å². The summed E-state index contributed by atoms with van der Waals surface area (Å²) in [5, 5.41) is 36.5. The summed E-state index contributed by atoms with van der Waals surface area (Å²) in [6.07, 6.45) is -0.0587. The van der Waals surface area contributed by atoms with E-state index in [0.29, 0.717) is 22.7 Å². The number of aliphatic hydroxyl groups is 2.